The molecule has 0 aromatic rings. The summed E-state index contributed by atoms with van der Waals surface area (Å²) in [5.74, 6) is -3.78. The summed E-state index contributed by atoms with van der Waals surface area (Å²) in [7, 11) is 0. The normalized spacial score (nSPS) is 17.5. The van der Waals surface area contributed by atoms with E-state index in [0.717, 1.165) is 6.42 Å². The molecule has 0 radical (unpaired) electrons. The Morgan fingerprint density at radius 3 is 2.27 bits per heavy atom. The van der Waals surface area contributed by atoms with Gasteiger partial charge in [-0.05, 0) is 19.3 Å². The summed E-state index contributed by atoms with van der Waals surface area (Å²) >= 11 is 0. The van der Waals surface area contributed by atoms with Gasteiger partial charge in [-0.2, -0.15) is 8.78 Å². The lowest BCUT2D eigenvalue weighted by atomic mass is 10.1. The van der Waals surface area contributed by atoms with Crippen LogP contribution in [0.15, 0.2) is 0 Å². The highest BCUT2D eigenvalue weighted by atomic mass is 19.3. The third-order valence-electron chi connectivity index (χ3n) is 2.16. The number of hydrogen-bond acceptors (Lipinski definition) is 1. The molecule has 0 aromatic carbocycles. The average Bonchev–Trinajstić information content (AvgIpc) is 2.90. The molecule has 1 atom stereocenters. The highest BCUT2D eigenvalue weighted by molar-refractivity contribution is 5.83. The van der Waals surface area contributed by atoms with Gasteiger partial charge in [0.15, 0.2) is 0 Å². The molecule has 0 spiro atoms. The highest BCUT2D eigenvalue weighted by Crippen LogP contribution is 2.33. The Balaban J connectivity index is 0.000000921. The summed E-state index contributed by atoms with van der Waals surface area (Å²) in [6, 6.07) is -0.133. The third kappa shape index (κ3) is 6.42. The Bertz CT molecular complexity index is 197. The van der Waals surface area contributed by atoms with E-state index < -0.39 is 11.8 Å². The second-order valence-electron chi connectivity index (χ2n) is 3.94. The second kappa shape index (κ2) is 6.03. The van der Waals surface area contributed by atoms with Crippen molar-refractivity contribution < 1.29 is 13.6 Å². The zero-order valence-electron chi connectivity index (χ0n) is 9.94. The first-order valence-corrected chi connectivity index (χ1v) is 5.58. The molecule has 2 nitrogen and oxygen atoms in total. The van der Waals surface area contributed by atoms with E-state index in [2.05, 4.69) is 5.32 Å². The molecule has 0 aliphatic heterocycles. The van der Waals surface area contributed by atoms with Crippen molar-refractivity contribution in [3.63, 3.8) is 0 Å². The zero-order chi connectivity index (χ0) is 12.1. The Morgan fingerprint density at radius 2 is 1.93 bits per heavy atom. The van der Waals surface area contributed by atoms with Gasteiger partial charge in [-0.25, -0.2) is 0 Å². The Kier molecular flexibility index (Phi) is 5.76. The molecule has 0 aromatic heterocycles. The zero-order valence-corrected chi connectivity index (χ0v) is 9.94. The SMILES string of the molecule is CC.CC(CC1CC1)NC(=O)C(C)(F)F. The van der Waals surface area contributed by atoms with E-state index in [-0.39, 0.29) is 6.04 Å². The van der Waals surface area contributed by atoms with Crippen LogP contribution in [0.4, 0.5) is 8.78 Å². The summed E-state index contributed by atoms with van der Waals surface area (Å²) in [5, 5.41) is 2.30. The van der Waals surface area contributed by atoms with Gasteiger partial charge >= 0.3 is 5.92 Å². The molecular formula is C11H21F2NO. The van der Waals surface area contributed by atoms with E-state index in [1.165, 1.54) is 12.8 Å². The second-order valence-corrected chi connectivity index (χ2v) is 3.94. The average molecular weight is 221 g/mol. The lowest BCUT2D eigenvalue weighted by Crippen LogP contribution is -2.42. The maximum Gasteiger partial charge on any atom is 0.321 e. The van der Waals surface area contributed by atoms with E-state index in [9.17, 15) is 13.6 Å². The molecule has 1 N–H and O–H groups in total. The fourth-order valence-electron chi connectivity index (χ4n) is 1.26. The smallest absolute Gasteiger partial charge is 0.321 e. The molecule has 1 aliphatic rings. The molecule has 1 fully saturated rings. The predicted octanol–water partition coefficient (Wildman–Crippen LogP) is 2.97. The van der Waals surface area contributed by atoms with Crippen LogP contribution in [0.3, 0.4) is 0 Å². The Hall–Kier alpha value is -0.670. The van der Waals surface area contributed by atoms with Gasteiger partial charge < -0.3 is 5.32 Å². The number of carbonyl (C=O) groups is 1. The fraction of sp³-hybridized carbons (Fsp3) is 0.909. The standard InChI is InChI=1S/C9H15F2NO.C2H6/c1-6(5-7-3-4-7)12-8(13)9(2,10)11;1-2/h6-7H,3-5H2,1-2H3,(H,12,13);1-2H3. The van der Waals surface area contributed by atoms with Crippen molar-refractivity contribution in [3.8, 4) is 0 Å². The summed E-state index contributed by atoms with van der Waals surface area (Å²) in [6.07, 6.45) is 3.16. The van der Waals surface area contributed by atoms with E-state index in [4.69, 9.17) is 0 Å². The predicted molar refractivity (Wildman–Crippen MR) is 56.9 cm³/mol. The molecule has 0 heterocycles. The van der Waals surface area contributed by atoms with Crippen molar-refractivity contribution in [2.45, 2.75) is 58.9 Å². The van der Waals surface area contributed by atoms with Crippen LogP contribution in [-0.4, -0.2) is 17.9 Å². The van der Waals surface area contributed by atoms with Gasteiger partial charge in [-0.3, -0.25) is 4.79 Å². The van der Waals surface area contributed by atoms with Gasteiger partial charge in [-0.1, -0.05) is 26.7 Å². The van der Waals surface area contributed by atoms with Gasteiger partial charge in [0.1, 0.15) is 0 Å². The first kappa shape index (κ1) is 14.3. The van der Waals surface area contributed by atoms with Crippen LogP contribution >= 0.6 is 0 Å². The van der Waals surface area contributed by atoms with E-state index in [0.29, 0.717) is 12.8 Å². The summed E-state index contributed by atoms with van der Waals surface area (Å²) in [5.41, 5.74) is 0. The van der Waals surface area contributed by atoms with Crippen molar-refractivity contribution in [3.05, 3.63) is 0 Å². The van der Waals surface area contributed by atoms with Crippen molar-refractivity contribution in [1.29, 1.82) is 0 Å². The van der Waals surface area contributed by atoms with Crippen molar-refractivity contribution in [1.82, 2.24) is 5.32 Å². The number of carbonyl (C=O) groups excluding carboxylic acids is 1. The number of halogens is 2. The summed E-state index contributed by atoms with van der Waals surface area (Å²) < 4.78 is 24.8. The van der Waals surface area contributed by atoms with Gasteiger partial charge in [0.05, 0.1) is 0 Å². The van der Waals surface area contributed by atoms with Crippen LogP contribution in [0.1, 0.15) is 47.0 Å². The van der Waals surface area contributed by atoms with E-state index in [1.807, 2.05) is 13.8 Å². The lowest BCUT2D eigenvalue weighted by Gasteiger charge is -2.16. The molecule has 1 amide bonds. The Labute approximate surface area is 90.4 Å². The fourth-order valence-corrected chi connectivity index (χ4v) is 1.26. The first-order chi connectivity index (χ1) is 6.89. The van der Waals surface area contributed by atoms with Gasteiger partial charge in [0.25, 0.3) is 5.91 Å². The van der Waals surface area contributed by atoms with E-state index in [1.54, 1.807) is 6.92 Å². The summed E-state index contributed by atoms with van der Waals surface area (Å²) in [6.45, 7) is 6.38. The minimum atomic E-state index is -3.25. The number of amides is 1. The van der Waals surface area contributed by atoms with Crippen LogP contribution in [-0.2, 0) is 4.79 Å². The minimum absolute atomic E-state index is 0.133. The number of hydrogen-bond donors (Lipinski definition) is 1. The molecule has 15 heavy (non-hydrogen) atoms. The third-order valence-corrected chi connectivity index (χ3v) is 2.16. The molecule has 1 rings (SSSR count). The monoisotopic (exact) mass is 221 g/mol. The van der Waals surface area contributed by atoms with Crippen molar-refractivity contribution in [2.24, 2.45) is 5.92 Å². The maximum absolute atomic E-state index is 12.4. The van der Waals surface area contributed by atoms with Crippen LogP contribution in [0.5, 0.6) is 0 Å². The summed E-state index contributed by atoms with van der Waals surface area (Å²) in [4.78, 5) is 10.8. The van der Waals surface area contributed by atoms with E-state index >= 15 is 0 Å². The van der Waals surface area contributed by atoms with Gasteiger partial charge in [-0.15, -0.1) is 0 Å². The minimum Gasteiger partial charge on any atom is -0.348 e. The van der Waals surface area contributed by atoms with Crippen LogP contribution < -0.4 is 5.32 Å². The largest absolute Gasteiger partial charge is 0.348 e. The quantitative estimate of drug-likeness (QED) is 0.777. The molecule has 0 saturated heterocycles. The molecule has 1 unspecified atom stereocenters. The number of alkyl halides is 2. The number of rotatable bonds is 4. The molecule has 1 saturated carbocycles. The maximum atomic E-state index is 12.4. The molecule has 1 aliphatic carbocycles. The molecule has 90 valence electrons. The molecule has 0 bridgehead atoms. The van der Waals surface area contributed by atoms with Crippen LogP contribution in [0.2, 0.25) is 0 Å². The topological polar surface area (TPSA) is 29.1 Å². The van der Waals surface area contributed by atoms with Gasteiger partial charge in [0, 0.05) is 13.0 Å². The number of nitrogens with one attached hydrogen (secondary N) is 1. The Morgan fingerprint density at radius 1 is 1.47 bits per heavy atom. The first-order valence-electron chi connectivity index (χ1n) is 5.58. The van der Waals surface area contributed by atoms with Crippen molar-refractivity contribution >= 4 is 5.91 Å². The van der Waals surface area contributed by atoms with Gasteiger partial charge in [0.2, 0.25) is 0 Å². The molecular weight excluding hydrogens is 200 g/mol. The van der Waals surface area contributed by atoms with Crippen LogP contribution in [0.25, 0.3) is 0 Å². The van der Waals surface area contributed by atoms with Crippen molar-refractivity contribution in [2.75, 3.05) is 0 Å². The molecule has 4 heteroatoms. The van der Waals surface area contributed by atoms with Crippen LogP contribution in [0, 0.1) is 5.92 Å². The lowest BCUT2D eigenvalue weighted by molar-refractivity contribution is -0.143. The highest BCUT2D eigenvalue weighted by Gasteiger charge is 2.33.